The molecule has 3 rings (SSSR count). The van der Waals surface area contributed by atoms with Gasteiger partial charge in [0.05, 0.1) is 0 Å². The predicted octanol–water partition coefficient (Wildman–Crippen LogP) is 0.357. The monoisotopic (exact) mass is 278 g/mol. The molecule has 1 amide bonds. The maximum atomic E-state index is 12.5. The zero-order valence-corrected chi connectivity index (χ0v) is 12.0. The number of likely N-dealkylation sites (tertiary alicyclic amines) is 1. The third-order valence-corrected chi connectivity index (χ3v) is 4.28. The maximum absolute atomic E-state index is 12.5. The number of aryl methyl sites for hydroxylation is 1. The van der Waals surface area contributed by atoms with Crippen LogP contribution in [0.25, 0.3) is 0 Å². The van der Waals surface area contributed by atoms with Crippen molar-refractivity contribution in [3.8, 4) is 0 Å². The molecule has 1 unspecified atom stereocenters. The quantitative estimate of drug-likeness (QED) is 0.865. The van der Waals surface area contributed by atoms with E-state index in [0.717, 1.165) is 45.7 Å². The number of carbonyl (C=O) groups excluding carboxylic acids is 1. The molecule has 1 aromatic heterocycles. The summed E-state index contributed by atoms with van der Waals surface area (Å²) in [6, 6.07) is 0.498. The van der Waals surface area contributed by atoms with Crippen LogP contribution in [0, 0.1) is 0 Å². The van der Waals surface area contributed by atoms with Gasteiger partial charge in [-0.1, -0.05) is 6.92 Å². The van der Waals surface area contributed by atoms with Crippen molar-refractivity contribution >= 4 is 5.91 Å². The molecule has 0 aromatic carbocycles. The Labute approximate surface area is 119 Å². The van der Waals surface area contributed by atoms with Gasteiger partial charge >= 0.3 is 0 Å². The highest BCUT2D eigenvalue weighted by molar-refractivity contribution is 5.93. The van der Waals surface area contributed by atoms with Crippen LogP contribution in [-0.4, -0.2) is 66.0 Å². The normalized spacial score (nSPS) is 24.2. The van der Waals surface area contributed by atoms with Gasteiger partial charge in [-0.15, -0.1) is 0 Å². The standard InChI is InChI=1S/C14H22N4O2/c1-2-12-13(16-10-20-12)14(19)18-6-3-11(9-18)17-7-4-15-5-8-17/h10-11,15H,2-9H2,1H3. The fraction of sp³-hybridized carbons (Fsp3) is 0.714. The highest BCUT2D eigenvalue weighted by Gasteiger charge is 2.32. The zero-order chi connectivity index (χ0) is 13.9. The van der Waals surface area contributed by atoms with Crippen molar-refractivity contribution in [2.24, 2.45) is 0 Å². The Hall–Kier alpha value is -1.40. The molecule has 2 saturated heterocycles. The van der Waals surface area contributed by atoms with Gasteiger partial charge in [-0.25, -0.2) is 4.98 Å². The summed E-state index contributed by atoms with van der Waals surface area (Å²) in [6.07, 6.45) is 3.14. The molecule has 0 bridgehead atoms. The molecule has 2 fully saturated rings. The summed E-state index contributed by atoms with van der Waals surface area (Å²) in [5.74, 6) is 0.717. The van der Waals surface area contributed by atoms with Crippen molar-refractivity contribution in [1.29, 1.82) is 0 Å². The van der Waals surface area contributed by atoms with Crippen molar-refractivity contribution < 1.29 is 9.21 Å². The van der Waals surface area contributed by atoms with Crippen LogP contribution in [0.4, 0.5) is 0 Å². The van der Waals surface area contributed by atoms with Crippen molar-refractivity contribution in [2.45, 2.75) is 25.8 Å². The average Bonchev–Trinajstić information content (AvgIpc) is 3.16. The second-order valence-electron chi connectivity index (χ2n) is 5.46. The second-order valence-corrected chi connectivity index (χ2v) is 5.46. The lowest BCUT2D eigenvalue weighted by Gasteiger charge is -2.32. The second kappa shape index (κ2) is 5.93. The van der Waals surface area contributed by atoms with Crippen molar-refractivity contribution in [2.75, 3.05) is 39.3 Å². The molecule has 0 radical (unpaired) electrons. The van der Waals surface area contributed by atoms with Gasteiger partial charge in [-0.3, -0.25) is 9.69 Å². The summed E-state index contributed by atoms with van der Waals surface area (Å²) in [5, 5.41) is 3.36. The Morgan fingerprint density at radius 2 is 2.25 bits per heavy atom. The topological polar surface area (TPSA) is 61.6 Å². The van der Waals surface area contributed by atoms with Crippen LogP contribution in [0.1, 0.15) is 29.6 Å². The Morgan fingerprint density at radius 1 is 1.45 bits per heavy atom. The molecule has 110 valence electrons. The van der Waals surface area contributed by atoms with Crippen LogP contribution in [0.2, 0.25) is 0 Å². The summed E-state index contributed by atoms with van der Waals surface area (Å²) in [4.78, 5) is 21.0. The maximum Gasteiger partial charge on any atom is 0.276 e. The number of aromatic nitrogens is 1. The molecule has 1 N–H and O–H groups in total. The van der Waals surface area contributed by atoms with Crippen LogP contribution >= 0.6 is 0 Å². The minimum Gasteiger partial charge on any atom is -0.448 e. The Bertz CT molecular complexity index is 467. The van der Waals surface area contributed by atoms with E-state index in [4.69, 9.17) is 4.42 Å². The number of rotatable bonds is 3. The number of nitrogens with zero attached hydrogens (tertiary/aromatic N) is 3. The number of nitrogens with one attached hydrogen (secondary N) is 1. The average molecular weight is 278 g/mol. The van der Waals surface area contributed by atoms with Gasteiger partial charge in [0, 0.05) is 51.7 Å². The van der Waals surface area contributed by atoms with Crippen LogP contribution in [-0.2, 0) is 6.42 Å². The van der Waals surface area contributed by atoms with E-state index in [9.17, 15) is 4.79 Å². The molecule has 3 heterocycles. The van der Waals surface area contributed by atoms with Crippen LogP contribution in [0.5, 0.6) is 0 Å². The van der Waals surface area contributed by atoms with Crippen LogP contribution in [0.3, 0.4) is 0 Å². The van der Waals surface area contributed by atoms with Gasteiger partial charge < -0.3 is 14.6 Å². The van der Waals surface area contributed by atoms with Crippen molar-refractivity contribution in [3.05, 3.63) is 17.8 Å². The summed E-state index contributed by atoms with van der Waals surface area (Å²) < 4.78 is 5.26. The summed E-state index contributed by atoms with van der Waals surface area (Å²) in [6.45, 7) is 7.87. The van der Waals surface area contributed by atoms with E-state index in [-0.39, 0.29) is 5.91 Å². The minimum absolute atomic E-state index is 0.0215. The molecule has 6 nitrogen and oxygen atoms in total. The Kier molecular flexibility index (Phi) is 4.03. The lowest BCUT2D eigenvalue weighted by atomic mass is 10.2. The highest BCUT2D eigenvalue weighted by Crippen LogP contribution is 2.19. The number of amides is 1. The van der Waals surface area contributed by atoms with E-state index in [1.54, 1.807) is 0 Å². The fourth-order valence-corrected chi connectivity index (χ4v) is 3.12. The molecule has 1 atom stereocenters. The molecular formula is C14H22N4O2. The van der Waals surface area contributed by atoms with E-state index in [2.05, 4.69) is 15.2 Å². The molecule has 1 aromatic rings. The lowest BCUT2D eigenvalue weighted by Crippen LogP contribution is -2.49. The molecule has 2 aliphatic heterocycles. The summed E-state index contributed by atoms with van der Waals surface area (Å²) in [5.41, 5.74) is 0.494. The zero-order valence-electron chi connectivity index (χ0n) is 12.0. The first-order valence-corrected chi connectivity index (χ1v) is 7.46. The molecule has 20 heavy (non-hydrogen) atoms. The number of hydrogen-bond acceptors (Lipinski definition) is 5. The van der Waals surface area contributed by atoms with Gasteiger partial charge in [-0.2, -0.15) is 0 Å². The molecule has 6 heteroatoms. The molecule has 2 aliphatic rings. The summed E-state index contributed by atoms with van der Waals surface area (Å²) >= 11 is 0. The van der Waals surface area contributed by atoms with E-state index in [1.807, 2.05) is 11.8 Å². The first-order valence-electron chi connectivity index (χ1n) is 7.46. The van der Waals surface area contributed by atoms with Gasteiger partial charge in [0.1, 0.15) is 5.76 Å². The Balaban J connectivity index is 1.63. The van der Waals surface area contributed by atoms with Crippen LogP contribution in [0.15, 0.2) is 10.8 Å². The van der Waals surface area contributed by atoms with E-state index in [1.165, 1.54) is 6.39 Å². The first kappa shape index (κ1) is 13.6. The first-order chi connectivity index (χ1) is 9.79. The smallest absolute Gasteiger partial charge is 0.276 e. The number of hydrogen-bond donors (Lipinski definition) is 1. The SMILES string of the molecule is CCc1ocnc1C(=O)N1CCC(N2CCNCC2)C1. The van der Waals surface area contributed by atoms with Gasteiger partial charge in [0.15, 0.2) is 12.1 Å². The fourth-order valence-electron chi connectivity index (χ4n) is 3.12. The molecule has 0 saturated carbocycles. The number of oxazole rings is 1. The third-order valence-electron chi connectivity index (χ3n) is 4.28. The van der Waals surface area contributed by atoms with E-state index >= 15 is 0 Å². The van der Waals surface area contributed by atoms with E-state index < -0.39 is 0 Å². The number of carbonyl (C=O) groups is 1. The van der Waals surface area contributed by atoms with E-state index in [0.29, 0.717) is 23.9 Å². The van der Waals surface area contributed by atoms with Gasteiger partial charge in [-0.05, 0) is 6.42 Å². The molecule has 0 spiro atoms. The molecule has 0 aliphatic carbocycles. The van der Waals surface area contributed by atoms with Gasteiger partial charge in [0.2, 0.25) is 0 Å². The summed E-state index contributed by atoms with van der Waals surface area (Å²) in [7, 11) is 0. The minimum atomic E-state index is 0.0215. The van der Waals surface area contributed by atoms with Crippen molar-refractivity contribution in [1.82, 2.24) is 20.1 Å². The third kappa shape index (κ3) is 2.58. The Morgan fingerprint density at radius 3 is 3.00 bits per heavy atom. The highest BCUT2D eigenvalue weighted by atomic mass is 16.3. The lowest BCUT2D eigenvalue weighted by molar-refractivity contribution is 0.0766. The largest absolute Gasteiger partial charge is 0.448 e. The van der Waals surface area contributed by atoms with Crippen molar-refractivity contribution in [3.63, 3.8) is 0 Å². The van der Waals surface area contributed by atoms with Crippen LogP contribution < -0.4 is 5.32 Å². The number of piperazine rings is 1. The predicted molar refractivity (Wildman–Crippen MR) is 74.6 cm³/mol. The molecular weight excluding hydrogens is 256 g/mol. The van der Waals surface area contributed by atoms with Gasteiger partial charge in [0.25, 0.3) is 5.91 Å².